The van der Waals surface area contributed by atoms with E-state index in [2.05, 4.69) is 0 Å². The van der Waals surface area contributed by atoms with Crippen molar-refractivity contribution < 1.29 is 50.2 Å². The molecule has 2 aromatic carbocycles. The quantitative estimate of drug-likeness (QED) is 0.287. The molecule has 14 heteroatoms. The molecule has 2 fully saturated rings. The average molecular weight is 563 g/mol. The van der Waals surface area contributed by atoms with E-state index in [4.69, 9.17) is 0 Å². The van der Waals surface area contributed by atoms with E-state index in [0.29, 0.717) is 11.8 Å². The highest BCUT2D eigenvalue weighted by atomic mass is 32.2. The number of likely N-dealkylation sites (N-methyl/N-ethyl adjacent to an activating group) is 1. The van der Waals surface area contributed by atoms with Crippen LogP contribution in [-0.4, -0.2) is 54.9 Å². The number of nitrogens with zero attached hydrogens (tertiary/aromatic N) is 2. The highest BCUT2D eigenvalue weighted by molar-refractivity contribution is 7.89. The molecule has 2 aliphatic rings. The van der Waals surface area contributed by atoms with Crippen LogP contribution in [0, 0.1) is 46.8 Å². The second kappa shape index (κ2) is 10.1. The van der Waals surface area contributed by atoms with Crippen LogP contribution in [0.2, 0.25) is 0 Å². The lowest BCUT2D eigenvalue weighted by Crippen LogP contribution is -2.44. The normalized spacial score (nSPS) is 20.8. The molecule has 0 aliphatic heterocycles. The number of carbonyl (C=O) groups is 2. The SMILES string of the molecule is CN(CC(=O)N(CC1CC2CCC1C2)c1ccc(C(=O)O)c(O)c1)S(=O)(=O)c1c(F)c(F)c(F)c(F)c1F. The number of aromatic carboxylic acids is 1. The number of sulfonamides is 1. The number of aromatic hydroxyl groups is 1. The zero-order valence-electron chi connectivity index (χ0n) is 19.9. The standard InChI is InChI=1S/C24H23F5N2O6S/c1-30(38(36,37)23-21(28)19(26)18(25)20(27)22(23)29)10-17(33)31(9-13-7-11-2-3-12(13)6-11)14-4-5-15(24(34)35)16(32)8-14/h4-5,8,11-13,32H,2-3,6-7,9-10H2,1H3,(H,34,35). The molecule has 4 rings (SSSR count). The van der Waals surface area contributed by atoms with E-state index < -0.39 is 73.7 Å². The Bertz CT molecular complexity index is 1390. The summed E-state index contributed by atoms with van der Waals surface area (Å²) in [4.78, 5) is 23.6. The van der Waals surface area contributed by atoms with Gasteiger partial charge < -0.3 is 15.1 Å². The van der Waals surface area contributed by atoms with Crippen molar-refractivity contribution >= 4 is 27.6 Å². The van der Waals surface area contributed by atoms with E-state index in [0.717, 1.165) is 49.8 Å². The lowest BCUT2D eigenvalue weighted by molar-refractivity contribution is -0.118. The van der Waals surface area contributed by atoms with E-state index in [1.54, 1.807) is 0 Å². The first-order chi connectivity index (χ1) is 17.7. The zero-order chi connectivity index (χ0) is 28.1. The summed E-state index contributed by atoms with van der Waals surface area (Å²) in [5.41, 5.74) is -0.394. The molecule has 2 bridgehead atoms. The van der Waals surface area contributed by atoms with Crippen molar-refractivity contribution in [3.8, 4) is 5.75 Å². The van der Waals surface area contributed by atoms with Crippen LogP contribution in [0.4, 0.5) is 27.6 Å². The number of rotatable bonds is 8. The van der Waals surface area contributed by atoms with Crippen molar-refractivity contribution in [2.24, 2.45) is 17.8 Å². The van der Waals surface area contributed by atoms with Crippen LogP contribution in [0.5, 0.6) is 5.75 Å². The number of carbonyl (C=O) groups excluding carboxylic acids is 1. The van der Waals surface area contributed by atoms with Crippen LogP contribution in [0.15, 0.2) is 23.1 Å². The van der Waals surface area contributed by atoms with Gasteiger partial charge in [-0.05, 0) is 49.1 Å². The highest BCUT2D eigenvalue weighted by Gasteiger charge is 2.42. The van der Waals surface area contributed by atoms with Gasteiger partial charge in [0.05, 0.1) is 6.54 Å². The molecular formula is C24H23F5N2O6S. The Morgan fingerprint density at radius 1 is 0.974 bits per heavy atom. The van der Waals surface area contributed by atoms with Crippen molar-refractivity contribution in [1.29, 1.82) is 0 Å². The lowest BCUT2D eigenvalue weighted by Gasteiger charge is -2.31. The number of hydrogen-bond donors (Lipinski definition) is 2. The van der Waals surface area contributed by atoms with Gasteiger partial charge in [0.15, 0.2) is 28.2 Å². The van der Waals surface area contributed by atoms with Gasteiger partial charge in [-0.25, -0.2) is 35.2 Å². The predicted molar refractivity (Wildman–Crippen MR) is 122 cm³/mol. The van der Waals surface area contributed by atoms with E-state index in [1.807, 2.05) is 0 Å². The second-order valence-electron chi connectivity index (χ2n) is 9.61. The topological polar surface area (TPSA) is 115 Å². The van der Waals surface area contributed by atoms with Gasteiger partial charge in [-0.3, -0.25) is 4.79 Å². The highest BCUT2D eigenvalue weighted by Crippen LogP contribution is 2.48. The fraction of sp³-hybridized carbons (Fsp3) is 0.417. The number of carboxylic acid groups (broad SMARTS) is 1. The van der Waals surface area contributed by atoms with Gasteiger partial charge in [-0.15, -0.1) is 0 Å². The van der Waals surface area contributed by atoms with Crippen molar-refractivity contribution in [1.82, 2.24) is 4.31 Å². The summed E-state index contributed by atoms with van der Waals surface area (Å²) >= 11 is 0. The number of halogens is 5. The third-order valence-electron chi connectivity index (χ3n) is 7.32. The maximum Gasteiger partial charge on any atom is 0.339 e. The Hall–Kier alpha value is -3.26. The Labute approximate surface area is 214 Å². The third kappa shape index (κ3) is 4.82. The van der Waals surface area contributed by atoms with Gasteiger partial charge in [0, 0.05) is 25.3 Å². The largest absolute Gasteiger partial charge is 0.507 e. The molecule has 0 spiro atoms. The maximum atomic E-state index is 14.2. The average Bonchev–Trinajstić information content (AvgIpc) is 3.48. The van der Waals surface area contributed by atoms with Crippen molar-refractivity contribution in [3.05, 3.63) is 52.8 Å². The molecule has 0 aromatic heterocycles. The molecule has 2 N–H and O–H groups in total. The molecule has 1 amide bonds. The van der Waals surface area contributed by atoms with Crippen molar-refractivity contribution in [2.45, 2.75) is 30.6 Å². The number of benzene rings is 2. The van der Waals surface area contributed by atoms with Gasteiger partial charge in [0.1, 0.15) is 11.3 Å². The van der Waals surface area contributed by atoms with Crippen molar-refractivity contribution in [3.63, 3.8) is 0 Å². The minimum atomic E-state index is -5.37. The van der Waals surface area contributed by atoms with Gasteiger partial charge in [-0.2, -0.15) is 4.31 Å². The van der Waals surface area contributed by atoms with E-state index in [-0.39, 0.29) is 22.5 Å². The first-order valence-electron chi connectivity index (χ1n) is 11.6. The van der Waals surface area contributed by atoms with Gasteiger partial charge in [-0.1, -0.05) is 6.42 Å². The lowest BCUT2D eigenvalue weighted by atomic mass is 9.88. The minimum Gasteiger partial charge on any atom is -0.507 e. The second-order valence-corrected chi connectivity index (χ2v) is 11.6. The summed E-state index contributed by atoms with van der Waals surface area (Å²) in [6.45, 7) is -0.966. The monoisotopic (exact) mass is 562 g/mol. The summed E-state index contributed by atoms with van der Waals surface area (Å²) in [7, 11) is -4.63. The summed E-state index contributed by atoms with van der Waals surface area (Å²) < 4.78 is 95.0. The fourth-order valence-electron chi connectivity index (χ4n) is 5.38. The first-order valence-corrected chi connectivity index (χ1v) is 13.0. The number of anilines is 1. The molecule has 0 heterocycles. The van der Waals surface area contributed by atoms with E-state index in [1.165, 1.54) is 6.07 Å². The number of phenols is 1. The van der Waals surface area contributed by atoms with Crippen LogP contribution < -0.4 is 4.90 Å². The van der Waals surface area contributed by atoms with Crippen molar-refractivity contribution in [2.75, 3.05) is 25.0 Å². The molecule has 8 nitrogen and oxygen atoms in total. The molecule has 0 saturated heterocycles. The van der Waals surface area contributed by atoms with Gasteiger partial charge >= 0.3 is 5.97 Å². The first kappa shape index (κ1) is 27.8. The Morgan fingerprint density at radius 3 is 2.08 bits per heavy atom. The van der Waals surface area contributed by atoms with E-state index >= 15 is 0 Å². The Balaban J connectivity index is 1.66. The van der Waals surface area contributed by atoms with Crippen LogP contribution in [0.25, 0.3) is 0 Å². The number of hydrogen-bond acceptors (Lipinski definition) is 5. The summed E-state index contributed by atoms with van der Waals surface area (Å²) in [5, 5.41) is 19.3. The summed E-state index contributed by atoms with van der Waals surface area (Å²) in [6.07, 6.45) is 3.75. The van der Waals surface area contributed by atoms with E-state index in [9.17, 15) is 50.2 Å². The van der Waals surface area contributed by atoms with Crippen LogP contribution in [0.3, 0.4) is 0 Å². The van der Waals surface area contributed by atoms with Crippen LogP contribution in [0.1, 0.15) is 36.0 Å². The number of fused-ring (bicyclic) bond motifs is 2. The van der Waals surface area contributed by atoms with Crippen LogP contribution >= 0.6 is 0 Å². The Kier molecular flexibility index (Phi) is 7.40. The van der Waals surface area contributed by atoms with Crippen LogP contribution in [-0.2, 0) is 14.8 Å². The minimum absolute atomic E-state index is 0.0242. The maximum absolute atomic E-state index is 14.2. The Morgan fingerprint density at radius 2 is 1.58 bits per heavy atom. The number of amides is 1. The molecule has 0 radical (unpaired) electrons. The molecule has 2 aliphatic carbocycles. The molecular weight excluding hydrogens is 539 g/mol. The van der Waals surface area contributed by atoms with Gasteiger partial charge in [0.25, 0.3) is 0 Å². The summed E-state index contributed by atoms with van der Waals surface area (Å²) in [6, 6.07) is 3.32. The van der Waals surface area contributed by atoms with Gasteiger partial charge in [0.2, 0.25) is 21.7 Å². The molecule has 3 unspecified atom stereocenters. The predicted octanol–water partition coefficient (Wildman–Crippen LogP) is 3.88. The smallest absolute Gasteiger partial charge is 0.339 e. The fourth-order valence-corrected chi connectivity index (χ4v) is 6.61. The molecule has 2 saturated carbocycles. The molecule has 38 heavy (non-hydrogen) atoms. The molecule has 206 valence electrons. The molecule has 2 aromatic rings. The third-order valence-corrected chi connectivity index (χ3v) is 9.15. The number of carboxylic acids is 1. The summed E-state index contributed by atoms with van der Waals surface area (Å²) in [5.74, 6) is -14.7. The zero-order valence-corrected chi connectivity index (χ0v) is 20.7. The molecule has 3 atom stereocenters.